The van der Waals surface area contributed by atoms with Gasteiger partial charge in [0.15, 0.2) is 0 Å². The van der Waals surface area contributed by atoms with Gasteiger partial charge in [0.25, 0.3) is 0 Å². The van der Waals surface area contributed by atoms with Crippen LogP contribution >= 0.6 is 15.9 Å². The van der Waals surface area contributed by atoms with Gasteiger partial charge in [-0.2, -0.15) is 0 Å². The lowest BCUT2D eigenvalue weighted by atomic mass is 10.4. The first-order valence-electron chi connectivity index (χ1n) is 4.60. The van der Waals surface area contributed by atoms with Crippen LogP contribution in [0.4, 0.5) is 0 Å². The fourth-order valence-electron chi connectivity index (χ4n) is 1.85. The molecule has 1 aliphatic heterocycles. The van der Waals surface area contributed by atoms with E-state index in [1.165, 1.54) is 6.04 Å². The topological polar surface area (TPSA) is 0 Å². The average Bonchev–Trinajstić information content (AvgIpc) is 2.50. The van der Waals surface area contributed by atoms with Crippen LogP contribution in [0.15, 0.2) is 42.5 Å². The van der Waals surface area contributed by atoms with Gasteiger partial charge < -0.3 is 0 Å². The number of rotatable bonds is 1. The van der Waals surface area contributed by atoms with E-state index in [-0.39, 0.29) is 0 Å². The van der Waals surface area contributed by atoms with Gasteiger partial charge in [-0.05, 0) is 6.04 Å². The molecule has 0 saturated heterocycles. The Labute approximate surface area is 88.8 Å². The third-order valence-electron chi connectivity index (χ3n) is 2.89. The number of allylic oxidation sites excluding steroid dienone is 2. The van der Waals surface area contributed by atoms with E-state index in [0.29, 0.717) is 4.45 Å². The highest BCUT2D eigenvalue weighted by Crippen LogP contribution is 2.28. The first-order valence-corrected chi connectivity index (χ1v) is 8.30. The second kappa shape index (κ2) is 3.43. The molecule has 0 N–H and O–H groups in total. The smallest absolute Gasteiger partial charge is 0.0900 e. The van der Waals surface area contributed by atoms with Crippen molar-refractivity contribution in [1.29, 1.82) is 0 Å². The van der Waals surface area contributed by atoms with Gasteiger partial charge in [0.2, 0.25) is 0 Å². The maximum Gasteiger partial charge on any atom is 0.106 e. The van der Waals surface area contributed by atoms with Crippen molar-refractivity contribution in [1.82, 2.24) is 0 Å². The van der Waals surface area contributed by atoms with Crippen molar-refractivity contribution in [2.24, 2.45) is 0 Å². The molecule has 0 fully saturated rings. The number of alkyl halides is 1. The summed E-state index contributed by atoms with van der Waals surface area (Å²) in [5.41, 5.74) is 0. The minimum atomic E-state index is -1.26. The molecule has 2 atom stereocenters. The summed E-state index contributed by atoms with van der Waals surface area (Å²) in [6, 6.07) is 12.2. The fraction of sp³-hybridized carbons (Fsp3) is 0.273. The van der Waals surface area contributed by atoms with Crippen molar-refractivity contribution in [2.75, 3.05) is 0 Å². The van der Waals surface area contributed by atoms with Gasteiger partial charge in [-0.25, -0.2) is 0 Å². The Morgan fingerprint density at radius 2 is 2.00 bits per heavy atom. The van der Waals surface area contributed by atoms with E-state index in [9.17, 15) is 0 Å². The standard InChI is InChI=1S/C11H13BrSi/c1-13(9-5-8-11(13)12)10-6-3-2-4-7-10/h2-8,11H,9H2,1H3. The van der Waals surface area contributed by atoms with Crippen LogP contribution in [-0.2, 0) is 0 Å². The molecule has 1 aromatic rings. The molecule has 0 saturated carbocycles. The van der Waals surface area contributed by atoms with Gasteiger partial charge in [0.1, 0.15) is 8.07 Å². The SMILES string of the molecule is C[Si]1(c2ccccc2)CC=CC1Br. The van der Waals surface area contributed by atoms with Crippen molar-refractivity contribution in [3.63, 3.8) is 0 Å². The Balaban J connectivity index is 2.36. The maximum absolute atomic E-state index is 3.77. The van der Waals surface area contributed by atoms with E-state index in [2.05, 4.69) is 65.0 Å². The minimum Gasteiger partial charge on any atom is -0.0900 e. The van der Waals surface area contributed by atoms with Crippen LogP contribution in [0.25, 0.3) is 0 Å². The predicted octanol–water partition coefficient (Wildman–Crippen LogP) is 2.84. The molecule has 1 aromatic carbocycles. The Morgan fingerprint density at radius 3 is 2.54 bits per heavy atom. The van der Waals surface area contributed by atoms with Gasteiger partial charge in [-0.3, -0.25) is 0 Å². The first-order chi connectivity index (χ1) is 6.23. The Hall–Kier alpha value is -0.343. The van der Waals surface area contributed by atoms with Crippen molar-refractivity contribution in [2.45, 2.75) is 17.0 Å². The van der Waals surface area contributed by atoms with E-state index >= 15 is 0 Å². The zero-order valence-electron chi connectivity index (χ0n) is 7.70. The van der Waals surface area contributed by atoms with Crippen LogP contribution in [0, 0.1) is 0 Å². The third-order valence-corrected chi connectivity index (χ3v) is 10.4. The summed E-state index contributed by atoms with van der Waals surface area (Å²) in [6.07, 6.45) is 4.62. The molecule has 0 amide bonds. The van der Waals surface area contributed by atoms with Crippen molar-refractivity contribution < 1.29 is 0 Å². The highest BCUT2D eigenvalue weighted by Gasteiger charge is 2.37. The number of benzene rings is 1. The largest absolute Gasteiger partial charge is 0.106 e. The molecule has 2 heteroatoms. The molecule has 0 spiro atoms. The van der Waals surface area contributed by atoms with E-state index in [1.807, 2.05) is 0 Å². The lowest BCUT2D eigenvalue weighted by Gasteiger charge is -2.25. The Bertz CT molecular complexity index is 320. The Morgan fingerprint density at radius 1 is 1.31 bits per heavy atom. The number of hydrogen-bond acceptors (Lipinski definition) is 0. The van der Waals surface area contributed by atoms with Gasteiger partial charge in [0.05, 0.1) is 0 Å². The molecule has 1 aliphatic rings. The van der Waals surface area contributed by atoms with Crippen LogP contribution in [0.3, 0.4) is 0 Å². The molecule has 1 heterocycles. The molecule has 0 aliphatic carbocycles. The Kier molecular flexibility index (Phi) is 2.43. The molecule has 0 aromatic heterocycles. The van der Waals surface area contributed by atoms with Crippen LogP contribution in [0.2, 0.25) is 12.6 Å². The zero-order valence-corrected chi connectivity index (χ0v) is 10.3. The summed E-state index contributed by atoms with van der Waals surface area (Å²) in [6.45, 7) is 2.45. The summed E-state index contributed by atoms with van der Waals surface area (Å²) >= 11 is 3.77. The fourth-order valence-corrected chi connectivity index (χ4v) is 6.34. The molecular weight excluding hydrogens is 240 g/mol. The highest BCUT2D eigenvalue weighted by atomic mass is 79.9. The van der Waals surface area contributed by atoms with Crippen LogP contribution < -0.4 is 5.19 Å². The van der Waals surface area contributed by atoms with Crippen molar-refractivity contribution >= 4 is 29.2 Å². The second-order valence-electron chi connectivity index (χ2n) is 3.82. The molecule has 2 unspecified atom stereocenters. The summed E-state index contributed by atoms with van der Waals surface area (Å²) < 4.78 is 0.613. The molecule has 0 radical (unpaired) electrons. The predicted molar refractivity (Wildman–Crippen MR) is 64.4 cm³/mol. The molecule has 0 bridgehead atoms. The minimum absolute atomic E-state index is 0.613. The molecular formula is C11H13BrSi. The second-order valence-corrected chi connectivity index (χ2v) is 10.1. The van der Waals surface area contributed by atoms with E-state index in [1.54, 1.807) is 5.19 Å². The van der Waals surface area contributed by atoms with E-state index in [0.717, 1.165) is 0 Å². The van der Waals surface area contributed by atoms with E-state index in [4.69, 9.17) is 0 Å². The quantitative estimate of drug-likeness (QED) is 0.410. The van der Waals surface area contributed by atoms with Crippen LogP contribution in [0.5, 0.6) is 0 Å². The maximum atomic E-state index is 3.77. The highest BCUT2D eigenvalue weighted by molar-refractivity contribution is 9.10. The van der Waals surface area contributed by atoms with Crippen molar-refractivity contribution in [3.05, 3.63) is 42.5 Å². The third kappa shape index (κ3) is 1.53. The molecule has 2 rings (SSSR count). The van der Waals surface area contributed by atoms with E-state index < -0.39 is 8.07 Å². The summed E-state index contributed by atoms with van der Waals surface area (Å²) in [7, 11) is -1.26. The zero-order chi connectivity index (χ0) is 9.31. The summed E-state index contributed by atoms with van der Waals surface area (Å²) in [4.78, 5) is 0. The van der Waals surface area contributed by atoms with Gasteiger partial charge in [-0.15, -0.1) is 0 Å². The first kappa shape index (κ1) is 9.22. The summed E-state index contributed by atoms with van der Waals surface area (Å²) in [5.74, 6) is 0. The lowest BCUT2D eigenvalue weighted by Crippen LogP contribution is -2.49. The molecule has 68 valence electrons. The van der Waals surface area contributed by atoms with Gasteiger partial charge >= 0.3 is 0 Å². The average molecular weight is 253 g/mol. The summed E-state index contributed by atoms with van der Waals surface area (Å²) in [5, 5.41) is 1.56. The van der Waals surface area contributed by atoms with Gasteiger partial charge in [0, 0.05) is 4.45 Å². The molecule has 0 nitrogen and oxygen atoms in total. The van der Waals surface area contributed by atoms with Gasteiger partial charge in [-0.1, -0.05) is 70.1 Å². The number of halogens is 1. The van der Waals surface area contributed by atoms with Crippen LogP contribution in [0.1, 0.15) is 0 Å². The molecule has 13 heavy (non-hydrogen) atoms. The number of hydrogen-bond donors (Lipinski definition) is 0. The lowest BCUT2D eigenvalue weighted by molar-refractivity contribution is 1.52. The van der Waals surface area contributed by atoms with Crippen LogP contribution in [-0.4, -0.2) is 12.5 Å². The van der Waals surface area contributed by atoms with Crippen molar-refractivity contribution in [3.8, 4) is 0 Å². The normalized spacial score (nSPS) is 32.3. The monoisotopic (exact) mass is 252 g/mol.